The molecule has 30 heavy (non-hydrogen) atoms. The Morgan fingerprint density at radius 2 is 2.10 bits per heavy atom. The summed E-state index contributed by atoms with van der Waals surface area (Å²) >= 11 is 3.02. The van der Waals surface area contributed by atoms with Crippen LogP contribution in [0, 0.1) is 13.8 Å². The summed E-state index contributed by atoms with van der Waals surface area (Å²) in [5.74, 6) is 2.00. The van der Waals surface area contributed by atoms with E-state index in [1.165, 1.54) is 22.2 Å². The lowest BCUT2D eigenvalue weighted by molar-refractivity contribution is -0.113. The van der Waals surface area contributed by atoms with E-state index in [0.717, 1.165) is 11.4 Å². The van der Waals surface area contributed by atoms with Crippen molar-refractivity contribution in [3.63, 3.8) is 0 Å². The second kappa shape index (κ2) is 9.82. The highest BCUT2D eigenvalue weighted by Gasteiger charge is 2.18. The van der Waals surface area contributed by atoms with Crippen molar-refractivity contribution in [2.75, 3.05) is 25.3 Å². The van der Waals surface area contributed by atoms with Gasteiger partial charge in [0.15, 0.2) is 11.0 Å². The van der Waals surface area contributed by atoms with Gasteiger partial charge in [-0.05, 0) is 31.5 Å². The first kappa shape index (κ1) is 21.9. The normalized spacial score (nSPS) is 10.7. The molecule has 0 aliphatic carbocycles. The van der Waals surface area contributed by atoms with Crippen LogP contribution in [0.3, 0.4) is 0 Å². The number of carbonyl (C=O) groups is 1. The number of aromatic nitrogens is 3. The van der Waals surface area contributed by atoms with Crippen molar-refractivity contribution in [3.8, 4) is 22.9 Å². The molecule has 1 N–H and O–H groups in total. The minimum atomic E-state index is -0.166. The zero-order valence-corrected chi connectivity index (χ0v) is 19.0. The molecule has 0 unspecified atom stereocenters. The number of allylic oxidation sites excluding steroid dienone is 1. The topological polar surface area (TPSA) is 78.3 Å². The molecule has 2 heterocycles. The van der Waals surface area contributed by atoms with Crippen molar-refractivity contribution in [2.24, 2.45) is 0 Å². The van der Waals surface area contributed by atoms with E-state index in [0.29, 0.717) is 28.9 Å². The lowest BCUT2D eigenvalue weighted by Gasteiger charge is -2.12. The zero-order chi connectivity index (χ0) is 21.7. The van der Waals surface area contributed by atoms with E-state index >= 15 is 0 Å². The molecule has 7 nitrogen and oxygen atoms in total. The molecular weight excluding hydrogens is 420 g/mol. The summed E-state index contributed by atoms with van der Waals surface area (Å²) < 4.78 is 12.5. The molecule has 0 bridgehead atoms. The van der Waals surface area contributed by atoms with E-state index in [1.807, 2.05) is 4.57 Å². The Morgan fingerprint density at radius 1 is 1.30 bits per heavy atom. The third-order valence-corrected chi connectivity index (χ3v) is 6.55. The van der Waals surface area contributed by atoms with Crippen LogP contribution in [-0.2, 0) is 11.3 Å². The van der Waals surface area contributed by atoms with Crippen LogP contribution in [-0.4, -0.2) is 40.6 Å². The van der Waals surface area contributed by atoms with E-state index in [2.05, 4.69) is 41.3 Å². The van der Waals surface area contributed by atoms with Crippen LogP contribution in [0.25, 0.3) is 11.4 Å². The van der Waals surface area contributed by atoms with E-state index in [9.17, 15) is 4.79 Å². The maximum absolute atomic E-state index is 12.5. The van der Waals surface area contributed by atoms with E-state index < -0.39 is 0 Å². The van der Waals surface area contributed by atoms with Crippen molar-refractivity contribution in [1.82, 2.24) is 14.8 Å². The number of rotatable bonds is 9. The fourth-order valence-electron chi connectivity index (χ4n) is 2.84. The number of methoxy groups -OCH3 is 2. The molecule has 9 heteroatoms. The highest BCUT2D eigenvalue weighted by atomic mass is 32.2. The van der Waals surface area contributed by atoms with Crippen LogP contribution in [0.1, 0.15) is 10.4 Å². The first-order valence-electron chi connectivity index (χ1n) is 9.22. The van der Waals surface area contributed by atoms with Gasteiger partial charge in [0.2, 0.25) is 5.91 Å². The van der Waals surface area contributed by atoms with E-state index in [-0.39, 0.29) is 11.7 Å². The van der Waals surface area contributed by atoms with E-state index in [1.54, 1.807) is 49.8 Å². The van der Waals surface area contributed by atoms with Gasteiger partial charge >= 0.3 is 0 Å². The molecule has 158 valence electrons. The molecule has 0 fully saturated rings. The first-order valence-corrected chi connectivity index (χ1v) is 11.1. The highest BCUT2D eigenvalue weighted by Crippen LogP contribution is 2.32. The van der Waals surface area contributed by atoms with Gasteiger partial charge in [0, 0.05) is 28.4 Å². The molecule has 1 aromatic carbocycles. The number of benzene rings is 1. The van der Waals surface area contributed by atoms with Gasteiger partial charge in [-0.25, -0.2) is 0 Å². The molecule has 3 rings (SSSR count). The Hall–Kier alpha value is -2.78. The quantitative estimate of drug-likeness (QED) is 0.385. The Bertz CT molecular complexity index is 1060. The number of thioether (sulfide) groups is 1. The fraction of sp³-hybridized carbons (Fsp3) is 0.286. The molecule has 3 aromatic rings. The molecule has 0 saturated heterocycles. The van der Waals surface area contributed by atoms with Gasteiger partial charge in [-0.1, -0.05) is 17.8 Å². The summed E-state index contributed by atoms with van der Waals surface area (Å²) in [6.07, 6.45) is 1.80. The van der Waals surface area contributed by atoms with Crippen LogP contribution in [0.15, 0.2) is 41.4 Å². The molecule has 0 atom stereocenters. The molecule has 0 saturated carbocycles. The third-order valence-electron chi connectivity index (χ3n) is 4.57. The van der Waals surface area contributed by atoms with Gasteiger partial charge < -0.3 is 14.8 Å². The van der Waals surface area contributed by atoms with Crippen molar-refractivity contribution in [3.05, 3.63) is 46.7 Å². The van der Waals surface area contributed by atoms with Gasteiger partial charge in [0.1, 0.15) is 11.5 Å². The summed E-state index contributed by atoms with van der Waals surface area (Å²) in [7, 11) is 3.13. The van der Waals surface area contributed by atoms with Crippen LogP contribution in [0.2, 0.25) is 0 Å². The molecule has 0 spiro atoms. The Kier molecular flexibility index (Phi) is 7.17. The van der Waals surface area contributed by atoms with Gasteiger partial charge in [-0.3, -0.25) is 9.36 Å². The van der Waals surface area contributed by atoms with Gasteiger partial charge in [0.05, 0.1) is 25.7 Å². The van der Waals surface area contributed by atoms with Gasteiger partial charge in [0.25, 0.3) is 0 Å². The minimum Gasteiger partial charge on any atom is -0.497 e. The number of hydrogen-bond donors (Lipinski definition) is 1. The molecular formula is C21H24N4O3S2. The number of aryl methyl sites for hydroxylation is 1. The van der Waals surface area contributed by atoms with Crippen molar-refractivity contribution in [2.45, 2.75) is 25.5 Å². The number of amides is 1. The molecule has 0 radical (unpaired) electrons. The largest absolute Gasteiger partial charge is 0.497 e. The fourth-order valence-corrected chi connectivity index (χ4v) is 4.45. The minimum absolute atomic E-state index is 0.166. The van der Waals surface area contributed by atoms with Crippen LogP contribution in [0.4, 0.5) is 5.69 Å². The summed E-state index contributed by atoms with van der Waals surface area (Å²) in [6, 6.07) is 5.24. The van der Waals surface area contributed by atoms with E-state index in [4.69, 9.17) is 9.47 Å². The van der Waals surface area contributed by atoms with Crippen molar-refractivity contribution < 1.29 is 14.3 Å². The lowest BCUT2D eigenvalue weighted by atomic mass is 10.1. The standard InChI is InChI=1S/C21H24N4O3S2/c1-6-9-25-20(16-11-29-14(3)13(16)2)23-24-21(25)30-12-19(26)22-17-8-7-15(27-4)10-18(17)28-5/h6-8,10-11H,1,9,12H2,2-5H3,(H,22,26). The predicted molar refractivity (Wildman–Crippen MR) is 122 cm³/mol. The number of nitrogens with one attached hydrogen (secondary N) is 1. The Balaban J connectivity index is 1.73. The second-order valence-corrected chi connectivity index (χ2v) is 8.47. The highest BCUT2D eigenvalue weighted by molar-refractivity contribution is 7.99. The average molecular weight is 445 g/mol. The Morgan fingerprint density at radius 3 is 2.73 bits per heavy atom. The first-order chi connectivity index (χ1) is 14.5. The number of thiophene rings is 1. The second-order valence-electron chi connectivity index (χ2n) is 6.44. The molecule has 2 aromatic heterocycles. The van der Waals surface area contributed by atoms with Crippen molar-refractivity contribution >= 4 is 34.7 Å². The monoisotopic (exact) mass is 444 g/mol. The molecule has 0 aliphatic rings. The Labute approximate surface area is 184 Å². The SMILES string of the molecule is C=CCn1c(SCC(=O)Nc2ccc(OC)cc2OC)nnc1-c1csc(C)c1C. The predicted octanol–water partition coefficient (Wildman–Crippen LogP) is 4.56. The van der Waals surface area contributed by atoms with Crippen LogP contribution >= 0.6 is 23.1 Å². The average Bonchev–Trinajstić information content (AvgIpc) is 3.29. The molecule has 0 aliphatic heterocycles. The summed E-state index contributed by atoms with van der Waals surface area (Å²) in [6.45, 7) is 8.57. The maximum Gasteiger partial charge on any atom is 0.234 e. The zero-order valence-electron chi connectivity index (χ0n) is 17.4. The number of nitrogens with zero attached hydrogens (tertiary/aromatic N) is 3. The molecule has 1 amide bonds. The number of ether oxygens (including phenoxy) is 2. The summed E-state index contributed by atoms with van der Waals surface area (Å²) in [5, 5.41) is 14.3. The van der Waals surface area contributed by atoms with Crippen LogP contribution < -0.4 is 14.8 Å². The smallest absolute Gasteiger partial charge is 0.234 e. The number of carbonyl (C=O) groups excluding carboxylic acids is 1. The lowest BCUT2D eigenvalue weighted by Crippen LogP contribution is -2.15. The van der Waals surface area contributed by atoms with Crippen molar-refractivity contribution in [1.29, 1.82) is 0 Å². The maximum atomic E-state index is 12.5. The van der Waals surface area contributed by atoms with Gasteiger partial charge in [-0.15, -0.1) is 28.1 Å². The third kappa shape index (κ3) is 4.68. The number of anilines is 1. The summed E-state index contributed by atoms with van der Waals surface area (Å²) in [4.78, 5) is 13.8. The summed E-state index contributed by atoms with van der Waals surface area (Å²) in [5.41, 5.74) is 2.84. The van der Waals surface area contributed by atoms with Gasteiger partial charge in [-0.2, -0.15) is 0 Å². The number of hydrogen-bond acceptors (Lipinski definition) is 7. The van der Waals surface area contributed by atoms with Crippen LogP contribution in [0.5, 0.6) is 11.5 Å².